The second-order valence-electron chi connectivity index (χ2n) is 5.95. The number of hydrogen-bond donors (Lipinski definition) is 2. The van der Waals surface area contributed by atoms with Crippen LogP contribution < -0.4 is 5.32 Å². The maximum atomic E-state index is 9.28. The van der Waals surface area contributed by atoms with Crippen molar-refractivity contribution in [2.75, 3.05) is 6.61 Å². The van der Waals surface area contributed by atoms with Gasteiger partial charge in [0.15, 0.2) is 0 Å². The molecule has 0 aliphatic heterocycles. The highest BCUT2D eigenvalue weighted by Crippen LogP contribution is 2.27. The fourth-order valence-corrected chi connectivity index (χ4v) is 3.62. The molecule has 2 nitrogen and oxygen atoms in total. The van der Waals surface area contributed by atoms with Gasteiger partial charge in [-0.05, 0) is 49.1 Å². The van der Waals surface area contributed by atoms with Crippen molar-refractivity contribution < 1.29 is 5.11 Å². The fraction of sp³-hybridized carbons (Fsp3) is 0.625. The molecule has 0 aromatic heterocycles. The lowest BCUT2D eigenvalue weighted by Crippen LogP contribution is -2.42. The van der Waals surface area contributed by atoms with Crippen molar-refractivity contribution in [1.29, 1.82) is 0 Å². The lowest BCUT2D eigenvalue weighted by Gasteiger charge is -2.31. The number of benzene rings is 1. The molecule has 1 aromatic rings. The van der Waals surface area contributed by atoms with Gasteiger partial charge in [0, 0.05) is 18.7 Å². The predicted octanol–water partition coefficient (Wildman–Crippen LogP) is 2.29. The minimum absolute atomic E-state index is 0.364. The fourth-order valence-electron chi connectivity index (χ4n) is 3.62. The van der Waals surface area contributed by atoms with Crippen molar-refractivity contribution in [2.24, 2.45) is 5.92 Å². The van der Waals surface area contributed by atoms with Crippen molar-refractivity contribution in [3.63, 3.8) is 0 Å². The van der Waals surface area contributed by atoms with Crippen molar-refractivity contribution >= 4 is 0 Å². The second-order valence-corrected chi connectivity index (χ2v) is 5.95. The second kappa shape index (κ2) is 5.41. The molecule has 2 unspecified atom stereocenters. The molecule has 2 heteroatoms. The number of aliphatic hydroxyl groups excluding tert-OH is 1. The van der Waals surface area contributed by atoms with E-state index in [1.165, 1.54) is 43.2 Å². The minimum Gasteiger partial charge on any atom is -0.396 e. The van der Waals surface area contributed by atoms with Gasteiger partial charge in [0.25, 0.3) is 0 Å². The highest BCUT2D eigenvalue weighted by Gasteiger charge is 2.26. The SMILES string of the molecule is OCC1CCCC(NC2Cc3ccccc3C2)C1. The first-order chi connectivity index (χ1) is 8.85. The minimum atomic E-state index is 0.364. The Hall–Kier alpha value is -0.860. The first-order valence-corrected chi connectivity index (χ1v) is 7.29. The Morgan fingerprint density at radius 1 is 1.06 bits per heavy atom. The molecule has 0 spiro atoms. The van der Waals surface area contributed by atoms with E-state index in [0.29, 0.717) is 24.6 Å². The molecule has 2 N–H and O–H groups in total. The molecule has 2 atom stereocenters. The summed E-state index contributed by atoms with van der Waals surface area (Å²) < 4.78 is 0. The van der Waals surface area contributed by atoms with Crippen molar-refractivity contribution in [3.8, 4) is 0 Å². The van der Waals surface area contributed by atoms with Crippen molar-refractivity contribution in [1.82, 2.24) is 5.32 Å². The summed E-state index contributed by atoms with van der Waals surface area (Å²) in [5.74, 6) is 0.528. The first kappa shape index (κ1) is 12.2. The summed E-state index contributed by atoms with van der Waals surface area (Å²) in [5.41, 5.74) is 3.04. The molecule has 3 rings (SSSR count). The van der Waals surface area contributed by atoms with Crippen LogP contribution in [0.3, 0.4) is 0 Å². The number of hydrogen-bond acceptors (Lipinski definition) is 2. The molecule has 0 saturated heterocycles. The highest BCUT2D eigenvalue weighted by atomic mass is 16.3. The molecule has 18 heavy (non-hydrogen) atoms. The Morgan fingerprint density at radius 3 is 2.44 bits per heavy atom. The molecular formula is C16H23NO. The number of rotatable bonds is 3. The molecule has 0 heterocycles. The normalized spacial score (nSPS) is 28.3. The van der Waals surface area contributed by atoms with Crippen LogP contribution in [0.25, 0.3) is 0 Å². The third-order valence-electron chi connectivity index (χ3n) is 4.56. The van der Waals surface area contributed by atoms with Crippen LogP contribution in [0.2, 0.25) is 0 Å². The van der Waals surface area contributed by atoms with Gasteiger partial charge in [0.05, 0.1) is 0 Å². The quantitative estimate of drug-likeness (QED) is 0.856. The van der Waals surface area contributed by atoms with E-state index in [1.54, 1.807) is 0 Å². The molecule has 2 aliphatic carbocycles. The van der Waals surface area contributed by atoms with E-state index in [0.717, 1.165) is 6.42 Å². The maximum absolute atomic E-state index is 9.28. The van der Waals surface area contributed by atoms with Crippen LogP contribution in [-0.4, -0.2) is 23.8 Å². The molecule has 0 radical (unpaired) electrons. The number of fused-ring (bicyclic) bond motifs is 1. The zero-order valence-electron chi connectivity index (χ0n) is 10.9. The van der Waals surface area contributed by atoms with Gasteiger partial charge in [-0.15, -0.1) is 0 Å². The largest absolute Gasteiger partial charge is 0.396 e. The summed E-state index contributed by atoms with van der Waals surface area (Å²) in [6.07, 6.45) is 7.27. The van der Waals surface area contributed by atoms with Gasteiger partial charge in [-0.25, -0.2) is 0 Å². The van der Waals surface area contributed by atoms with E-state index < -0.39 is 0 Å². The molecular weight excluding hydrogens is 222 g/mol. The molecule has 2 aliphatic rings. The van der Waals surface area contributed by atoms with Crippen LogP contribution in [0.1, 0.15) is 36.8 Å². The Bertz CT molecular complexity index is 379. The maximum Gasteiger partial charge on any atom is 0.0459 e. The summed E-state index contributed by atoms with van der Waals surface area (Å²) in [6.45, 7) is 0.364. The average molecular weight is 245 g/mol. The molecule has 1 saturated carbocycles. The molecule has 0 amide bonds. The molecule has 1 fully saturated rings. The van der Waals surface area contributed by atoms with E-state index in [2.05, 4.69) is 29.6 Å². The van der Waals surface area contributed by atoms with Gasteiger partial charge < -0.3 is 10.4 Å². The zero-order chi connectivity index (χ0) is 12.4. The standard InChI is InChI=1S/C16H23NO/c18-11-12-4-3-7-15(8-12)17-16-9-13-5-1-2-6-14(13)10-16/h1-2,5-6,12,15-18H,3-4,7-11H2. The summed E-state index contributed by atoms with van der Waals surface area (Å²) in [7, 11) is 0. The summed E-state index contributed by atoms with van der Waals surface area (Å²) in [6, 6.07) is 10.0. The summed E-state index contributed by atoms with van der Waals surface area (Å²) in [4.78, 5) is 0. The summed E-state index contributed by atoms with van der Waals surface area (Å²) in [5, 5.41) is 13.1. The Morgan fingerprint density at radius 2 is 1.78 bits per heavy atom. The van der Waals surface area contributed by atoms with Crippen molar-refractivity contribution in [3.05, 3.63) is 35.4 Å². The van der Waals surface area contributed by atoms with Gasteiger partial charge in [0.2, 0.25) is 0 Å². The van der Waals surface area contributed by atoms with Crippen LogP contribution in [0, 0.1) is 5.92 Å². The lowest BCUT2D eigenvalue weighted by atomic mass is 9.86. The topological polar surface area (TPSA) is 32.3 Å². The molecule has 98 valence electrons. The smallest absolute Gasteiger partial charge is 0.0459 e. The van der Waals surface area contributed by atoms with Crippen LogP contribution in [-0.2, 0) is 12.8 Å². The van der Waals surface area contributed by atoms with Gasteiger partial charge in [-0.1, -0.05) is 30.7 Å². The van der Waals surface area contributed by atoms with Crippen LogP contribution >= 0.6 is 0 Å². The zero-order valence-corrected chi connectivity index (χ0v) is 10.9. The first-order valence-electron chi connectivity index (χ1n) is 7.29. The molecule has 0 bridgehead atoms. The van der Waals surface area contributed by atoms with E-state index in [-0.39, 0.29) is 0 Å². The van der Waals surface area contributed by atoms with E-state index in [4.69, 9.17) is 0 Å². The monoisotopic (exact) mass is 245 g/mol. The predicted molar refractivity (Wildman–Crippen MR) is 73.6 cm³/mol. The Labute approximate surface area is 109 Å². The summed E-state index contributed by atoms with van der Waals surface area (Å²) >= 11 is 0. The molecule has 1 aromatic carbocycles. The third-order valence-corrected chi connectivity index (χ3v) is 4.56. The van der Waals surface area contributed by atoms with Gasteiger partial charge >= 0.3 is 0 Å². The highest BCUT2D eigenvalue weighted by molar-refractivity contribution is 5.33. The van der Waals surface area contributed by atoms with Gasteiger partial charge in [-0.3, -0.25) is 0 Å². The average Bonchev–Trinajstić information content (AvgIpc) is 2.81. The van der Waals surface area contributed by atoms with Crippen LogP contribution in [0.15, 0.2) is 24.3 Å². The van der Waals surface area contributed by atoms with Gasteiger partial charge in [-0.2, -0.15) is 0 Å². The Kier molecular flexibility index (Phi) is 3.67. The van der Waals surface area contributed by atoms with E-state index in [9.17, 15) is 5.11 Å². The number of nitrogens with one attached hydrogen (secondary N) is 1. The Balaban J connectivity index is 1.56. The van der Waals surface area contributed by atoms with E-state index >= 15 is 0 Å². The third kappa shape index (κ3) is 2.60. The lowest BCUT2D eigenvalue weighted by molar-refractivity contribution is 0.166. The number of aliphatic hydroxyl groups is 1. The van der Waals surface area contributed by atoms with Gasteiger partial charge in [0.1, 0.15) is 0 Å². The van der Waals surface area contributed by atoms with Crippen LogP contribution in [0.5, 0.6) is 0 Å². The van der Waals surface area contributed by atoms with Crippen molar-refractivity contribution in [2.45, 2.75) is 50.6 Å². The van der Waals surface area contributed by atoms with E-state index in [1.807, 2.05) is 0 Å². The van der Waals surface area contributed by atoms with Crippen LogP contribution in [0.4, 0.5) is 0 Å².